The van der Waals surface area contributed by atoms with Crippen LogP contribution >= 0.6 is 11.8 Å². The molecule has 6 nitrogen and oxygen atoms in total. The number of nitrogens with zero attached hydrogens (tertiary/aromatic N) is 4. The van der Waals surface area contributed by atoms with E-state index in [0.717, 1.165) is 36.1 Å². The van der Waals surface area contributed by atoms with E-state index < -0.39 is 0 Å². The van der Waals surface area contributed by atoms with Crippen molar-refractivity contribution in [3.63, 3.8) is 0 Å². The molecule has 21 heavy (non-hydrogen) atoms. The van der Waals surface area contributed by atoms with Crippen molar-refractivity contribution in [3.8, 4) is 0 Å². The third-order valence-electron chi connectivity index (χ3n) is 3.69. The van der Waals surface area contributed by atoms with E-state index in [2.05, 4.69) is 21.8 Å². The zero-order chi connectivity index (χ0) is 15.4. The Hall–Kier alpha value is -1.05. The van der Waals surface area contributed by atoms with Gasteiger partial charge in [0.25, 0.3) is 0 Å². The summed E-state index contributed by atoms with van der Waals surface area (Å²) in [4.78, 5) is 13.0. The molecule has 2 heterocycles. The minimum Gasteiger partial charge on any atom is -0.390 e. The standard InChI is InChI=1S/C14H25N5OS/c1-4-5-6-21-14-16-12(15)7-13(17-14)19-8-10(18(2)3)11(20)9-19/h7,10-11,20H,4-6,8-9H2,1-3H3,(H2,15,16,17)/t10-,11-/m1/s1. The van der Waals surface area contributed by atoms with Gasteiger partial charge in [-0.3, -0.25) is 0 Å². The van der Waals surface area contributed by atoms with Crippen molar-refractivity contribution in [1.82, 2.24) is 14.9 Å². The number of hydrogen-bond donors (Lipinski definition) is 2. The summed E-state index contributed by atoms with van der Waals surface area (Å²) in [5, 5.41) is 10.9. The maximum Gasteiger partial charge on any atom is 0.191 e. The van der Waals surface area contributed by atoms with E-state index in [1.54, 1.807) is 17.8 Å². The van der Waals surface area contributed by atoms with Gasteiger partial charge < -0.3 is 20.6 Å². The highest BCUT2D eigenvalue weighted by Gasteiger charge is 2.33. The van der Waals surface area contributed by atoms with Gasteiger partial charge in [0.05, 0.1) is 12.1 Å². The number of unbranched alkanes of at least 4 members (excludes halogenated alkanes) is 1. The van der Waals surface area contributed by atoms with Gasteiger partial charge in [0, 0.05) is 24.9 Å². The molecule has 1 aliphatic rings. The van der Waals surface area contributed by atoms with Crippen LogP contribution in [-0.2, 0) is 0 Å². The third kappa shape index (κ3) is 4.21. The Bertz CT molecular complexity index is 471. The molecule has 1 aromatic heterocycles. The highest BCUT2D eigenvalue weighted by molar-refractivity contribution is 7.99. The van der Waals surface area contributed by atoms with Gasteiger partial charge in [0.2, 0.25) is 0 Å². The molecule has 0 bridgehead atoms. The number of thioether (sulfide) groups is 1. The largest absolute Gasteiger partial charge is 0.390 e. The molecule has 0 amide bonds. The zero-order valence-electron chi connectivity index (χ0n) is 13.0. The number of hydrogen-bond acceptors (Lipinski definition) is 7. The highest BCUT2D eigenvalue weighted by atomic mass is 32.2. The Morgan fingerprint density at radius 2 is 2.19 bits per heavy atom. The summed E-state index contributed by atoms with van der Waals surface area (Å²) in [5.74, 6) is 2.30. The van der Waals surface area contributed by atoms with E-state index in [1.165, 1.54) is 0 Å². The van der Waals surface area contributed by atoms with Crippen LogP contribution in [0.1, 0.15) is 19.8 Å². The first kappa shape index (κ1) is 16.3. The van der Waals surface area contributed by atoms with E-state index in [1.807, 2.05) is 19.0 Å². The van der Waals surface area contributed by atoms with Crippen molar-refractivity contribution in [1.29, 1.82) is 0 Å². The maximum atomic E-state index is 10.1. The van der Waals surface area contributed by atoms with Crippen LogP contribution in [0.2, 0.25) is 0 Å². The molecule has 0 saturated carbocycles. The van der Waals surface area contributed by atoms with Gasteiger partial charge >= 0.3 is 0 Å². The predicted octanol–water partition coefficient (Wildman–Crippen LogP) is 1.06. The Labute approximate surface area is 130 Å². The molecule has 2 atom stereocenters. The molecule has 7 heteroatoms. The van der Waals surface area contributed by atoms with Crippen molar-refractivity contribution < 1.29 is 5.11 Å². The third-order valence-corrected chi connectivity index (χ3v) is 4.62. The van der Waals surface area contributed by atoms with Crippen LogP contribution in [0.25, 0.3) is 0 Å². The molecule has 3 N–H and O–H groups in total. The second kappa shape index (κ2) is 7.29. The second-order valence-electron chi connectivity index (χ2n) is 5.64. The molecule has 1 saturated heterocycles. The minimum absolute atomic E-state index is 0.123. The van der Waals surface area contributed by atoms with Gasteiger partial charge in [-0.2, -0.15) is 0 Å². The van der Waals surface area contributed by atoms with Crippen LogP contribution in [0, 0.1) is 0 Å². The zero-order valence-corrected chi connectivity index (χ0v) is 13.8. The smallest absolute Gasteiger partial charge is 0.191 e. The van der Waals surface area contributed by atoms with Crippen LogP contribution < -0.4 is 10.6 Å². The van der Waals surface area contributed by atoms with Gasteiger partial charge in [-0.05, 0) is 20.5 Å². The first-order valence-electron chi connectivity index (χ1n) is 7.38. The fourth-order valence-corrected chi connectivity index (χ4v) is 3.37. The topological polar surface area (TPSA) is 78.5 Å². The van der Waals surface area contributed by atoms with Gasteiger partial charge in [-0.25, -0.2) is 9.97 Å². The quantitative estimate of drug-likeness (QED) is 0.462. The van der Waals surface area contributed by atoms with Gasteiger partial charge in [-0.15, -0.1) is 0 Å². The van der Waals surface area contributed by atoms with Gasteiger partial charge in [-0.1, -0.05) is 25.1 Å². The van der Waals surface area contributed by atoms with E-state index >= 15 is 0 Å². The highest BCUT2D eigenvalue weighted by Crippen LogP contribution is 2.25. The fourth-order valence-electron chi connectivity index (χ4n) is 2.43. The summed E-state index contributed by atoms with van der Waals surface area (Å²) < 4.78 is 0. The molecule has 0 spiro atoms. The van der Waals surface area contributed by atoms with Crippen molar-refractivity contribution in [2.45, 2.75) is 37.1 Å². The second-order valence-corrected chi connectivity index (χ2v) is 6.70. The van der Waals surface area contributed by atoms with Crippen LogP contribution in [0.5, 0.6) is 0 Å². The average Bonchev–Trinajstić information content (AvgIpc) is 2.81. The van der Waals surface area contributed by atoms with Crippen molar-refractivity contribution in [2.24, 2.45) is 0 Å². The summed E-state index contributed by atoms with van der Waals surface area (Å²) >= 11 is 1.64. The number of nitrogens with two attached hydrogens (primary N) is 1. The lowest BCUT2D eigenvalue weighted by Gasteiger charge is -2.22. The fraction of sp³-hybridized carbons (Fsp3) is 0.714. The molecule has 118 valence electrons. The summed E-state index contributed by atoms with van der Waals surface area (Å²) in [7, 11) is 3.97. The molecule has 2 rings (SSSR count). The maximum absolute atomic E-state index is 10.1. The van der Waals surface area contributed by atoms with E-state index in [4.69, 9.17) is 5.73 Å². The summed E-state index contributed by atoms with van der Waals surface area (Å²) in [5.41, 5.74) is 5.90. The van der Waals surface area contributed by atoms with Crippen molar-refractivity contribution in [2.75, 3.05) is 43.6 Å². The lowest BCUT2D eigenvalue weighted by Crippen LogP contribution is -2.38. The van der Waals surface area contributed by atoms with Crippen LogP contribution in [0.4, 0.5) is 11.6 Å². The summed E-state index contributed by atoms with van der Waals surface area (Å²) in [6.07, 6.45) is 1.93. The number of rotatable bonds is 6. The van der Waals surface area contributed by atoms with Crippen molar-refractivity contribution in [3.05, 3.63) is 6.07 Å². The molecule has 0 unspecified atom stereocenters. The van der Waals surface area contributed by atoms with Crippen LogP contribution in [-0.4, -0.2) is 65.1 Å². The van der Waals surface area contributed by atoms with Gasteiger partial charge in [0.15, 0.2) is 5.16 Å². The van der Waals surface area contributed by atoms with E-state index in [-0.39, 0.29) is 12.1 Å². The Balaban J connectivity index is 2.09. The van der Waals surface area contributed by atoms with Gasteiger partial charge in [0.1, 0.15) is 11.6 Å². The molecule has 0 aliphatic carbocycles. The summed E-state index contributed by atoms with van der Waals surface area (Å²) in [6.45, 7) is 3.50. The summed E-state index contributed by atoms with van der Waals surface area (Å²) in [6, 6.07) is 1.91. The normalized spacial score (nSPS) is 22.2. The Morgan fingerprint density at radius 1 is 1.43 bits per heavy atom. The Kier molecular flexibility index (Phi) is 5.66. The number of anilines is 2. The van der Waals surface area contributed by atoms with Crippen molar-refractivity contribution >= 4 is 23.4 Å². The number of likely N-dealkylation sites (N-methyl/N-ethyl adjacent to an activating group) is 1. The monoisotopic (exact) mass is 311 g/mol. The number of aliphatic hydroxyl groups excluding tert-OH is 1. The minimum atomic E-state index is -0.368. The Morgan fingerprint density at radius 3 is 2.81 bits per heavy atom. The molecule has 0 aromatic carbocycles. The number of aliphatic hydroxyl groups is 1. The molecule has 1 aliphatic heterocycles. The first-order valence-corrected chi connectivity index (χ1v) is 8.36. The molecule has 0 radical (unpaired) electrons. The SMILES string of the molecule is CCCCSc1nc(N)cc(N2C[C@@H](O)[C@H](N(C)C)C2)n1. The molecular formula is C14H25N5OS. The average molecular weight is 311 g/mol. The van der Waals surface area contributed by atoms with E-state index in [0.29, 0.717) is 12.4 Å². The lowest BCUT2D eigenvalue weighted by molar-refractivity contribution is 0.114. The first-order chi connectivity index (χ1) is 10.0. The van der Waals surface area contributed by atoms with Crippen LogP contribution in [0.15, 0.2) is 11.2 Å². The number of β-amino-alcohol motifs (C(OH)–C–C–N with tert-alkyl or cyclic N) is 1. The van der Waals surface area contributed by atoms with E-state index in [9.17, 15) is 5.11 Å². The number of aromatic nitrogens is 2. The lowest BCUT2D eigenvalue weighted by atomic mass is 10.2. The molecule has 1 fully saturated rings. The number of nitrogen functional groups attached to an aromatic ring is 1. The molecule has 1 aromatic rings. The predicted molar refractivity (Wildman–Crippen MR) is 87.8 cm³/mol. The molecular weight excluding hydrogens is 286 g/mol. The van der Waals surface area contributed by atoms with Crippen LogP contribution in [0.3, 0.4) is 0 Å².